The maximum atomic E-state index is 11.5. The molecule has 148 valence electrons. The van der Waals surface area contributed by atoms with Gasteiger partial charge in [0, 0.05) is 29.2 Å². The van der Waals surface area contributed by atoms with Crippen LogP contribution in [0.2, 0.25) is 0 Å². The molecule has 0 bridgehead atoms. The van der Waals surface area contributed by atoms with Gasteiger partial charge >= 0.3 is 5.97 Å². The number of carbonyl (C=O) groups excluding carboxylic acids is 1. The highest BCUT2D eigenvalue weighted by Crippen LogP contribution is 2.43. The number of hydrogen-bond acceptors (Lipinski definition) is 7. The summed E-state index contributed by atoms with van der Waals surface area (Å²) in [4.78, 5) is 23.8. The maximum absolute atomic E-state index is 11.5. The molecule has 3 aliphatic rings. The molecule has 4 heterocycles. The number of cyclic esters (lactones) is 1. The van der Waals surface area contributed by atoms with E-state index in [0.717, 1.165) is 49.0 Å². The van der Waals surface area contributed by atoms with Crippen molar-refractivity contribution in [2.45, 2.75) is 49.6 Å². The molecule has 2 fully saturated rings. The number of benzene rings is 1. The Morgan fingerprint density at radius 1 is 1.21 bits per heavy atom. The quantitative estimate of drug-likeness (QED) is 0.648. The van der Waals surface area contributed by atoms with E-state index in [1.807, 2.05) is 13.8 Å². The molecule has 28 heavy (non-hydrogen) atoms. The molecule has 0 atom stereocenters. The summed E-state index contributed by atoms with van der Waals surface area (Å²) < 4.78 is 5.21. The van der Waals surface area contributed by atoms with Crippen molar-refractivity contribution in [2.24, 2.45) is 5.41 Å². The van der Waals surface area contributed by atoms with Crippen LogP contribution < -0.4 is 5.32 Å². The van der Waals surface area contributed by atoms with E-state index in [0.29, 0.717) is 13.0 Å². The van der Waals surface area contributed by atoms with Crippen LogP contribution in [0.5, 0.6) is 0 Å². The van der Waals surface area contributed by atoms with E-state index in [4.69, 9.17) is 4.74 Å². The SMILES string of the molecule is CC.O=C1CC2(CCN(Cc3ccc4c(c3)Nc3nccnc3S4)CC2)CO1. The lowest BCUT2D eigenvalue weighted by molar-refractivity contribution is -0.137. The summed E-state index contributed by atoms with van der Waals surface area (Å²) >= 11 is 1.65. The van der Waals surface area contributed by atoms with Crippen LogP contribution in [0, 0.1) is 5.41 Å². The molecular formula is C21H26N4O2S. The van der Waals surface area contributed by atoms with Crippen LogP contribution in [0.25, 0.3) is 0 Å². The number of hydrogen-bond donors (Lipinski definition) is 1. The largest absolute Gasteiger partial charge is 0.465 e. The molecule has 2 aromatic rings. The van der Waals surface area contributed by atoms with Crippen LogP contribution in [0.15, 0.2) is 40.5 Å². The lowest BCUT2D eigenvalue weighted by atomic mass is 9.78. The standard InChI is InChI=1S/C19H20N4O2S.C2H6/c24-16-10-19(12-25-16)3-7-23(8-4-19)11-13-1-2-15-14(9-13)22-17-18(26-15)21-6-5-20-17;1-2/h1-2,5-6,9H,3-4,7-8,10-12H2,(H,20,22);1-2H3. The Kier molecular flexibility index (Phi) is 5.55. The number of aromatic nitrogens is 2. The normalized spacial score (nSPS) is 19.7. The van der Waals surface area contributed by atoms with Gasteiger partial charge in [-0.1, -0.05) is 31.7 Å². The lowest BCUT2D eigenvalue weighted by Gasteiger charge is -2.37. The van der Waals surface area contributed by atoms with Crippen LogP contribution in [0.3, 0.4) is 0 Å². The number of piperidine rings is 1. The number of carbonyl (C=O) groups is 1. The third-order valence-corrected chi connectivity index (χ3v) is 6.62. The summed E-state index contributed by atoms with van der Waals surface area (Å²) in [5.41, 5.74) is 2.49. The third kappa shape index (κ3) is 3.86. The fraction of sp³-hybridized carbons (Fsp3) is 0.476. The minimum absolute atomic E-state index is 0.0277. The molecule has 5 rings (SSSR count). The Morgan fingerprint density at radius 3 is 2.75 bits per heavy atom. The fourth-order valence-corrected chi connectivity index (χ4v) is 4.86. The van der Waals surface area contributed by atoms with E-state index >= 15 is 0 Å². The average molecular weight is 399 g/mol. The van der Waals surface area contributed by atoms with Gasteiger partial charge in [0.05, 0.1) is 18.7 Å². The van der Waals surface area contributed by atoms with Crippen LogP contribution in [0.1, 0.15) is 38.7 Å². The number of fused-ring (bicyclic) bond motifs is 2. The van der Waals surface area contributed by atoms with Crippen molar-refractivity contribution in [3.63, 3.8) is 0 Å². The van der Waals surface area contributed by atoms with Crippen molar-refractivity contribution in [3.8, 4) is 0 Å². The minimum Gasteiger partial charge on any atom is -0.465 e. The molecule has 0 saturated carbocycles. The zero-order chi connectivity index (χ0) is 19.6. The Balaban J connectivity index is 0.000000932. The van der Waals surface area contributed by atoms with Crippen molar-refractivity contribution >= 4 is 29.2 Å². The van der Waals surface area contributed by atoms with Gasteiger partial charge in [-0.2, -0.15) is 0 Å². The molecule has 0 aliphatic carbocycles. The Bertz CT molecular complexity index is 865. The van der Waals surface area contributed by atoms with Gasteiger partial charge in [0.1, 0.15) is 5.03 Å². The van der Waals surface area contributed by atoms with Gasteiger partial charge in [0.15, 0.2) is 5.82 Å². The number of esters is 1. The van der Waals surface area contributed by atoms with Gasteiger partial charge in [-0.25, -0.2) is 9.97 Å². The van der Waals surface area contributed by atoms with E-state index < -0.39 is 0 Å². The Hall–Kier alpha value is -2.12. The summed E-state index contributed by atoms with van der Waals surface area (Å²) in [6.45, 7) is 7.58. The highest BCUT2D eigenvalue weighted by molar-refractivity contribution is 7.99. The first-order valence-electron chi connectivity index (χ1n) is 9.96. The molecule has 1 aromatic heterocycles. The van der Waals surface area contributed by atoms with Crippen LogP contribution in [-0.2, 0) is 16.1 Å². The number of ether oxygens (including phenoxy) is 1. The van der Waals surface area contributed by atoms with Crippen LogP contribution in [0.4, 0.5) is 11.5 Å². The highest BCUT2D eigenvalue weighted by Gasteiger charge is 2.42. The zero-order valence-electron chi connectivity index (χ0n) is 16.4. The molecule has 1 aromatic carbocycles. The van der Waals surface area contributed by atoms with Crippen molar-refractivity contribution in [1.82, 2.24) is 14.9 Å². The van der Waals surface area contributed by atoms with Crippen LogP contribution in [-0.4, -0.2) is 40.5 Å². The first kappa shape index (κ1) is 19.2. The molecule has 1 spiro atoms. The maximum Gasteiger partial charge on any atom is 0.306 e. The molecular weight excluding hydrogens is 372 g/mol. The van der Waals surface area contributed by atoms with Crippen LogP contribution >= 0.6 is 11.8 Å². The summed E-state index contributed by atoms with van der Waals surface area (Å²) in [5, 5.41) is 4.31. The zero-order valence-corrected chi connectivity index (χ0v) is 17.2. The monoisotopic (exact) mass is 398 g/mol. The summed E-state index contributed by atoms with van der Waals surface area (Å²) in [6.07, 6.45) is 6.12. The van der Waals surface area contributed by atoms with E-state index in [1.165, 1.54) is 10.5 Å². The third-order valence-electron chi connectivity index (χ3n) is 5.55. The lowest BCUT2D eigenvalue weighted by Crippen LogP contribution is -2.40. The van der Waals surface area contributed by atoms with Gasteiger partial charge in [-0.15, -0.1) is 0 Å². The van der Waals surface area contributed by atoms with Gasteiger partial charge in [0.2, 0.25) is 0 Å². The smallest absolute Gasteiger partial charge is 0.306 e. The molecule has 0 amide bonds. The molecule has 0 radical (unpaired) electrons. The minimum atomic E-state index is -0.0277. The first-order chi connectivity index (χ1) is 13.7. The van der Waals surface area contributed by atoms with Gasteiger partial charge in [-0.05, 0) is 43.6 Å². The van der Waals surface area contributed by atoms with Gasteiger partial charge in [0.25, 0.3) is 0 Å². The molecule has 1 N–H and O–H groups in total. The van der Waals surface area contributed by atoms with E-state index in [-0.39, 0.29) is 11.4 Å². The van der Waals surface area contributed by atoms with Crippen molar-refractivity contribution in [3.05, 3.63) is 36.2 Å². The summed E-state index contributed by atoms with van der Waals surface area (Å²) in [5.74, 6) is 0.799. The second kappa shape index (κ2) is 8.09. The molecule has 6 nitrogen and oxygen atoms in total. The summed E-state index contributed by atoms with van der Waals surface area (Å²) in [6, 6.07) is 6.57. The van der Waals surface area contributed by atoms with E-state index in [9.17, 15) is 4.79 Å². The van der Waals surface area contributed by atoms with E-state index in [1.54, 1.807) is 24.2 Å². The molecule has 2 saturated heterocycles. The number of likely N-dealkylation sites (tertiary alicyclic amines) is 1. The van der Waals surface area contributed by atoms with Crippen molar-refractivity contribution in [2.75, 3.05) is 25.0 Å². The van der Waals surface area contributed by atoms with Gasteiger partial charge < -0.3 is 10.1 Å². The molecule has 3 aliphatic heterocycles. The molecule has 0 unspecified atom stereocenters. The topological polar surface area (TPSA) is 67.4 Å². The fourth-order valence-electron chi connectivity index (χ4n) is 3.99. The number of nitrogens with one attached hydrogen (secondary N) is 1. The first-order valence-corrected chi connectivity index (χ1v) is 10.8. The number of anilines is 2. The second-order valence-corrected chi connectivity index (χ2v) is 8.41. The molecule has 7 heteroatoms. The van der Waals surface area contributed by atoms with Crippen molar-refractivity contribution < 1.29 is 9.53 Å². The van der Waals surface area contributed by atoms with Gasteiger partial charge in [-0.3, -0.25) is 9.69 Å². The number of rotatable bonds is 2. The number of nitrogens with zero attached hydrogens (tertiary/aromatic N) is 3. The van der Waals surface area contributed by atoms with E-state index in [2.05, 4.69) is 38.4 Å². The Morgan fingerprint density at radius 2 is 2.00 bits per heavy atom. The highest BCUT2D eigenvalue weighted by atomic mass is 32.2. The average Bonchev–Trinajstić information content (AvgIpc) is 3.10. The Labute approximate surface area is 170 Å². The van der Waals surface area contributed by atoms with Crippen molar-refractivity contribution in [1.29, 1.82) is 0 Å². The predicted octanol–water partition coefficient (Wildman–Crippen LogP) is 4.24. The second-order valence-electron chi connectivity index (χ2n) is 7.38. The summed E-state index contributed by atoms with van der Waals surface area (Å²) in [7, 11) is 0. The predicted molar refractivity (Wildman–Crippen MR) is 110 cm³/mol.